The second-order valence-corrected chi connectivity index (χ2v) is 13.3. The van der Waals surface area contributed by atoms with Gasteiger partial charge in [0.05, 0.1) is 17.1 Å². The summed E-state index contributed by atoms with van der Waals surface area (Å²) in [6.07, 6.45) is 7.16. The molecular formula is C29H46O5. The highest BCUT2D eigenvalue weighted by atomic mass is 16.4. The number of carboxylic acids is 1. The average molecular weight is 475 g/mol. The number of allylic oxidation sites excluding steroid dienone is 1. The maximum absolute atomic E-state index is 13.2. The van der Waals surface area contributed by atoms with Gasteiger partial charge in [-0.3, -0.25) is 9.59 Å². The third-order valence-electron chi connectivity index (χ3n) is 11.4. The number of hydrogen-bond acceptors (Lipinski definition) is 4. The van der Waals surface area contributed by atoms with E-state index in [1.807, 2.05) is 0 Å². The third kappa shape index (κ3) is 3.55. The molecule has 0 radical (unpaired) electrons. The number of hydrogen-bond donors (Lipinski definition) is 3. The highest BCUT2D eigenvalue weighted by molar-refractivity contribution is 5.84. The molecule has 0 aromatic carbocycles. The lowest BCUT2D eigenvalue weighted by atomic mass is 9.45. The first-order valence-corrected chi connectivity index (χ1v) is 13.6. The number of fused-ring (bicyclic) bond motifs is 4. The number of carboxylic acid groups (broad SMARTS) is 1. The fraction of sp³-hybridized carbons (Fsp3) is 0.862. The summed E-state index contributed by atoms with van der Waals surface area (Å²) in [5.41, 5.74) is 0.296. The van der Waals surface area contributed by atoms with Gasteiger partial charge in [-0.15, -0.1) is 0 Å². The molecule has 34 heavy (non-hydrogen) atoms. The molecule has 0 saturated heterocycles. The van der Waals surface area contributed by atoms with Crippen molar-refractivity contribution in [3.05, 3.63) is 11.1 Å². The molecular weight excluding hydrogens is 428 g/mol. The van der Waals surface area contributed by atoms with Crippen LogP contribution in [0, 0.1) is 39.9 Å². The molecule has 192 valence electrons. The van der Waals surface area contributed by atoms with Crippen LogP contribution in [0.4, 0.5) is 0 Å². The fourth-order valence-corrected chi connectivity index (χ4v) is 9.16. The Morgan fingerprint density at radius 1 is 1.06 bits per heavy atom. The van der Waals surface area contributed by atoms with Crippen molar-refractivity contribution < 1.29 is 24.9 Å². The molecule has 5 nitrogen and oxygen atoms in total. The summed E-state index contributed by atoms with van der Waals surface area (Å²) in [6, 6.07) is 0. The molecule has 0 aromatic rings. The maximum atomic E-state index is 13.2. The zero-order valence-electron chi connectivity index (χ0n) is 22.1. The molecule has 0 bridgehead atoms. The molecule has 2 fully saturated rings. The standard InChI is InChI=1S/C29H46O5/c1-17(7-10-24(31)26(3,4)34)19-12-16-29(25(32)33)22-9-8-20-18(2)23(30)13-14-27(20,5)21(22)11-15-28(19,29)6/h17-20,24,31,34H,7-16H2,1-6H3,(H,32,33). The minimum atomic E-state index is -1.12. The number of Topliss-reactive ketones (excluding diaryl/α,β-unsaturated/α-hetero) is 1. The van der Waals surface area contributed by atoms with Gasteiger partial charge >= 0.3 is 5.97 Å². The van der Waals surface area contributed by atoms with Crippen LogP contribution in [0.1, 0.15) is 106 Å². The summed E-state index contributed by atoms with van der Waals surface area (Å²) in [5.74, 6) is 0.690. The highest BCUT2D eigenvalue weighted by Gasteiger charge is 2.67. The minimum absolute atomic E-state index is 0.0504. The number of aliphatic hydroxyl groups is 2. The van der Waals surface area contributed by atoms with Gasteiger partial charge in [-0.25, -0.2) is 0 Å². The molecule has 8 unspecified atom stereocenters. The van der Waals surface area contributed by atoms with E-state index in [-0.39, 0.29) is 28.6 Å². The molecule has 4 aliphatic carbocycles. The molecule has 0 amide bonds. The van der Waals surface area contributed by atoms with Crippen molar-refractivity contribution >= 4 is 11.8 Å². The van der Waals surface area contributed by atoms with Crippen molar-refractivity contribution in [2.24, 2.45) is 39.9 Å². The Bertz CT molecular complexity index is 883. The monoisotopic (exact) mass is 474 g/mol. The van der Waals surface area contributed by atoms with Gasteiger partial charge < -0.3 is 15.3 Å². The normalized spacial score (nSPS) is 42.0. The third-order valence-corrected chi connectivity index (χ3v) is 11.4. The van der Waals surface area contributed by atoms with Gasteiger partial charge in [0.25, 0.3) is 0 Å². The van der Waals surface area contributed by atoms with Gasteiger partial charge in [0, 0.05) is 12.3 Å². The number of aliphatic hydroxyl groups excluding tert-OH is 1. The van der Waals surface area contributed by atoms with Gasteiger partial charge in [-0.1, -0.05) is 38.8 Å². The van der Waals surface area contributed by atoms with Crippen LogP contribution in [0.3, 0.4) is 0 Å². The highest BCUT2D eigenvalue weighted by Crippen LogP contribution is 2.71. The van der Waals surface area contributed by atoms with E-state index in [0.717, 1.165) is 44.9 Å². The summed E-state index contributed by atoms with van der Waals surface area (Å²) in [6.45, 7) is 12.1. The van der Waals surface area contributed by atoms with Crippen LogP contribution in [0.5, 0.6) is 0 Å². The van der Waals surface area contributed by atoms with Crippen LogP contribution < -0.4 is 0 Å². The first-order chi connectivity index (χ1) is 15.7. The summed E-state index contributed by atoms with van der Waals surface area (Å²) >= 11 is 0. The van der Waals surface area contributed by atoms with E-state index >= 15 is 0 Å². The summed E-state index contributed by atoms with van der Waals surface area (Å²) < 4.78 is 0. The predicted molar refractivity (Wildman–Crippen MR) is 132 cm³/mol. The van der Waals surface area contributed by atoms with Crippen molar-refractivity contribution in [3.8, 4) is 0 Å². The molecule has 3 N–H and O–H groups in total. The van der Waals surface area contributed by atoms with E-state index in [1.165, 1.54) is 11.1 Å². The van der Waals surface area contributed by atoms with Gasteiger partial charge in [-0.05, 0) is 100 Å². The fourth-order valence-electron chi connectivity index (χ4n) is 9.16. The average Bonchev–Trinajstić information content (AvgIpc) is 3.08. The van der Waals surface area contributed by atoms with Crippen LogP contribution in [0.25, 0.3) is 0 Å². The molecule has 5 heteroatoms. The van der Waals surface area contributed by atoms with E-state index in [9.17, 15) is 24.9 Å². The van der Waals surface area contributed by atoms with E-state index in [2.05, 4.69) is 27.7 Å². The lowest BCUT2D eigenvalue weighted by molar-refractivity contribution is -0.156. The predicted octanol–water partition coefficient (Wildman–Crippen LogP) is 5.53. The molecule has 0 aliphatic heterocycles. The lowest BCUT2D eigenvalue weighted by Gasteiger charge is -2.58. The van der Waals surface area contributed by atoms with E-state index < -0.39 is 23.1 Å². The summed E-state index contributed by atoms with van der Waals surface area (Å²) in [5, 5.41) is 31.4. The first-order valence-electron chi connectivity index (χ1n) is 13.6. The maximum Gasteiger partial charge on any atom is 0.314 e. The molecule has 0 spiro atoms. The van der Waals surface area contributed by atoms with Gasteiger partial charge in [-0.2, -0.15) is 0 Å². The van der Waals surface area contributed by atoms with Crippen LogP contribution in [-0.4, -0.2) is 38.8 Å². The number of aliphatic carboxylic acids is 1. The smallest absolute Gasteiger partial charge is 0.314 e. The van der Waals surface area contributed by atoms with Crippen LogP contribution in [0.15, 0.2) is 11.1 Å². The second-order valence-electron chi connectivity index (χ2n) is 13.3. The topological polar surface area (TPSA) is 94.8 Å². The Hall–Kier alpha value is -1.20. The van der Waals surface area contributed by atoms with Gasteiger partial charge in [0.1, 0.15) is 5.78 Å². The van der Waals surface area contributed by atoms with Crippen molar-refractivity contribution in [2.45, 2.75) is 117 Å². The molecule has 8 atom stereocenters. The van der Waals surface area contributed by atoms with E-state index in [1.54, 1.807) is 13.8 Å². The molecule has 4 aliphatic rings. The summed E-state index contributed by atoms with van der Waals surface area (Å²) in [7, 11) is 0. The molecule has 0 aromatic heterocycles. The quantitative estimate of drug-likeness (QED) is 0.440. The Labute approximate surface area is 205 Å². The molecule has 0 heterocycles. The zero-order valence-corrected chi connectivity index (χ0v) is 22.1. The minimum Gasteiger partial charge on any atom is -0.481 e. The first kappa shape index (κ1) is 25.9. The number of carbonyl (C=O) groups is 2. The van der Waals surface area contributed by atoms with Gasteiger partial charge in [0.2, 0.25) is 0 Å². The van der Waals surface area contributed by atoms with Crippen molar-refractivity contribution in [1.29, 1.82) is 0 Å². The molecule has 2 saturated carbocycles. The Morgan fingerprint density at radius 2 is 1.74 bits per heavy atom. The summed E-state index contributed by atoms with van der Waals surface area (Å²) in [4.78, 5) is 25.7. The van der Waals surface area contributed by atoms with Crippen LogP contribution in [-0.2, 0) is 9.59 Å². The molecule has 4 rings (SSSR count). The second kappa shape index (κ2) is 8.44. The van der Waals surface area contributed by atoms with Crippen LogP contribution >= 0.6 is 0 Å². The van der Waals surface area contributed by atoms with Crippen molar-refractivity contribution in [3.63, 3.8) is 0 Å². The number of carbonyl (C=O) groups excluding carboxylic acids is 1. The Kier molecular flexibility index (Phi) is 6.42. The van der Waals surface area contributed by atoms with E-state index in [0.29, 0.717) is 31.0 Å². The van der Waals surface area contributed by atoms with Crippen LogP contribution in [0.2, 0.25) is 0 Å². The van der Waals surface area contributed by atoms with Crippen molar-refractivity contribution in [2.75, 3.05) is 0 Å². The van der Waals surface area contributed by atoms with Gasteiger partial charge in [0.15, 0.2) is 0 Å². The Morgan fingerprint density at radius 3 is 2.35 bits per heavy atom. The zero-order chi connectivity index (χ0) is 25.3. The number of ketones is 1. The number of rotatable bonds is 6. The lowest BCUT2D eigenvalue weighted by Crippen LogP contribution is -2.54. The van der Waals surface area contributed by atoms with Crippen molar-refractivity contribution in [1.82, 2.24) is 0 Å². The Balaban J connectivity index is 1.68. The SMILES string of the molecule is CC(CCC(O)C(C)(C)O)C1CCC2(C(=O)O)C3=C(CCC12C)C1(C)CCC(=O)C(C)C1CC3. The largest absolute Gasteiger partial charge is 0.481 e. The van der Waals surface area contributed by atoms with E-state index in [4.69, 9.17) is 0 Å².